The second kappa shape index (κ2) is 6.57. The van der Waals surface area contributed by atoms with E-state index < -0.39 is 5.97 Å². The summed E-state index contributed by atoms with van der Waals surface area (Å²) in [6.45, 7) is 4.17. The summed E-state index contributed by atoms with van der Waals surface area (Å²) in [5.41, 5.74) is 2.61. The highest BCUT2D eigenvalue weighted by Gasteiger charge is 2.12. The first-order valence-electron chi connectivity index (χ1n) is 6.85. The lowest BCUT2D eigenvalue weighted by molar-refractivity contribution is -0.141. The van der Waals surface area contributed by atoms with Crippen LogP contribution in [0.15, 0.2) is 18.2 Å². The standard InChI is InChI=1S/C15H21NO3/c1-11(15(17)18)4-7-16-8-5-12-2-3-14-13(10-12)6-9-19-14/h2-3,10-11,16H,4-9H2,1H3,(H,17,18). The Hall–Kier alpha value is -1.55. The van der Waals surface area contributed by atoms with E-state index in [1.54, 1.807) is 6.92 Å². The number of hydrogen-bond acceptors (Lipinski definition) is 3. The highest BCUT2D eigenvalue weighted by Crippen LogP contribution is 2.25. The Morgan fingerprint density at radius 3 is 3.11 bits per heavy atom. The lowest BCUT2D eigenvalue weighted by Gasteiger charge is -2.08. The van der Waals surface area contributed by atoms with Gasteiger partial charge in [-0.15, -0.1) is 0 Å². The first-order valence-corrected chi connectivity index (χ1v) is 6.85. The van der Waals surface area contributed by atoms with Gasteiger partial charge in [0.2, 0.25) is 0 Å². The Balaban J connectivity index is 1.67. The quantitative estimate of drug-likeness (QED) is 0.737. The summed E-state index contributed by atoms with van der Waals surface area (Å²) >= 11 is 0. The van der Waals surface area contributed by atoms with Crippen LogP contribution in [0.2, 0.25) is 0 Å². The van der Waals surface area contributed by atoms with Crippen molar-refractivity contribution < 1.29 is 14.6 Å². The molecule has 0 bridgehead atoms. The molecule has 1 aromatic carbocycles. The van der Waals surface area contributed by atoms with Gasteiger partial charge in [-0.3, -0.25) is 4.79 Å². The summed E-state index contributed by atoms with van der Waals surface area (Å²) in [5, 5.41) is 12.1. The van der Waals surface area contributed by atoms with Crippen molar-refractivity contribution in [3.8, 4) is 5.75 Å². The van der Waals surface area contributed by atoms with Crippen molar-refractivity contribution in [2.45, 2.75) is 26.2 Å². The number of fused-ring (bicyclic) bond motifs is 1. The van der Waals surface area contributed by atoms with Gasteiger partial charge < -0.3 is 15.2 Å². The minimum absolute atomic E-state index is 0.273. The third kappa shape index (κ3) is 3.96. The fourth-order valence-electron chi connectivity index (χ4n) is 2.20. The van der Waals surface area contributed by atoms with Crippen molar-refractivity contribution in [1.82, 2.24) is 5.32 Å². The van der Waals surface area contributed by atoms with E-state index >= 15 is 0 Å². The fourth-order valence-corrected chi connectivity index (χ4v) is 2.20. The number of aliphatic carboxylic acids is 1. The van der Waals surface area contributed by atoms with Crippen molar-refractivity contribution in [2.24, 2.45) is 5.92 Å². The van der Waals surface area contributed by atoms with Crippen LogP contribution >= 0.6 is 0 Å². The third-order valence-corrected chi connectivity index (χ3v) is 3.52. The van der Waals surface area contributed by atoms with Crippen LogP contribution in [0.25, 0.3) is 0 Å². The van der Waals surface area contributed by atoms with Crippen LogP contribution in [0, 0.1) is 5.92 Å². The largest absolute Gasteiger partial charge is 0.493 e. The Morgan fingerprint density at radius 2 is 2.32 bits per heavy atom. The molecule has 4 nitrogen and oxygen atoms in total. The van der Waals surface area contributed by atoms with Crippen molar-refractivity contribution >= 4 is 5.97 Å². The van der Waals surface area contributed by atoms with E-state index in [9.17, 15) is 4.79 Å². The summed E-state index contributed by atoms with van der Waals surface area (Å²) in [7, 11) is 0. The molecule has 2 rings (SSSR count). The van der Waals surface area contributed by atoms with Crippen LogP contribution < -0.4 is 10.1 Å². The zero-order chi connectivity index (χ0) is 13.7. The maximum Gasteiger partial charge on any atom is 0.306 e. The van der Waals surface area contributed by atoms with Crippen LogP contribution in [0.1, 0.15) is 24.5 Å². The van der Waals surface area contributed by atoms with Crippen molar-refractivity contribution in [3.05, 3.63) is 29.3 Å². The molecule has 1 unspecified atom stereocenters. The van der Waals surface area contributed by atoms with Crippen LogP contribution in [0.4, 0.5) is 0 Å². The number of nitrogens with one attached hydrogen (secondary N) is 1. The number of ether oxygens (including phenoxy) is 1. The van der Waals surface area contributed by atoms with Gasteiger partial charge in [-0.05, 0) is 43.1 Å². The molecule has 1 aromatic rings. The number of carbonyl (C=O) groups is 1. The molecular weight excluding hydrogens is 242 g/mol. The number of carboxylic acids is 1. The smallest absolute Gasteiger partial charge is 0.306 e. The minimum atomic E-state index is -0.722. The van der Waals surface area contributed by atoms with E-state index in [1.165, 1.54) is 11.1 Å². The Morgan fingerprint density at radius 1 is 1.47 bits per heavy atom. The Bertz CT molecular complexity index is 445. The minimum Gasteiger partial charge on any atom is -0.493 e. The molecule has 0 aromatic heterocycles. The van der Waals surface area contributed by atoms with Crippen LogP contribution in [-0.2, 0) is 17.6 Å². The van der Waals surface area contributed by atoms with Crippen LogP contribution in [0.5, 0.6) is 5.75 Å². The fraction of sp³-hybridized carbons (Fsp3) is 0.533. The average Bonchev–Trinajstić information content (AvgIpc) is 2.85. The van der Waals surface area contributed by atoms with Crippen molar-refractivity contribution in [2.75, 3.05) is 19.7 Å². The van der Waals surface area contributed by atoms with Gasteiger partial charge >= 0.3 is 5.97 Å². The summed E-state index contributed by atoms with van der Waals surface area (Å²) in [6.07, 6.45) is 2.65. The third-order valence-electron chi connectivity index (χ3n) is 3.52. The summed E-state index contributed by atoms with van der Waals surface area (Å²) < 4.78 is 5.47. The second-order valence-corrected chi connectivity index (χ2v) is 5.07. The molecule has 1 aliphatic heterocycles. The van der Waals surface area contributed by atoms with E-state index in [4.69, 9.17) is 9.84 Å². The average molecular weight is 263 g/mol. The lowest BCUT2D eigenvalue weighted by atomic mass is 10.1. The number of hydrogen-bond donors (Lipinski definition) is 2. The molecule has 4 heteroatoms. The second-order valence-electron chi connectivity index (χ2n) is 5.07. The number of carboxylic acid groups (broad SMARTS) is 1. The van der Waals surface area contributed by atoms with Gasteiger partial charge in [0.1, 0.15) is 5.75 Å². The van der Waals surface area contributed by atoms with Gasteiger partial charge in [0.25, 0.3) is 0 Å². The van der Waals surface area contributed by atoms with Crippen molar-refractivity contribution in [1.29, 1.82) is 0 Å². The van der Waals surface area contributed by atoms with Crippen LogP contribution in [-0.4, -0.2) is 30.8 Å². The van der Waals surface area contributed by atoms with Crippen molar-refractivity contribution in [3.63, 3.8) is 0 Å². The zero-order valence-electron chi connectivity index (χ0n) is 11.3. The Kier molecular flexibility index (Phi) is 4.80. The van der Waals surface area contributed by atoms with Gasteiger partial charge in [0.15, 0.2) is 0 Å². The molecule has 1 heterocycles. The summed E-state index contributed by atoms with van der Waals surface area (Å²) in [5.74, 6) is 0.0251. The molecule has 0 radical (unpaired) electrons. The molecule has 0 saturated heterocycles. The van der Waals surface area contributed by atoms with Gasteiger partial charge in [-0.1, -0.05) is 19.1 Å². The summed E-state index contributed by atoms with van der Waals surface area (Å²) in [4.78, 5) is 10.7. The molecule has 0 fully saturated rings. The van der Waals surface area contributed by atoms with Crippen LogP contribution in [0.3, 0.4) is 0 Å². The highest BCUT2D eigenvalue weighted by atomic mass is 16.5. The van der Waals surface area contributed by atoms with E-state index in [2.05, 4.69) is 17.4 Å². The summed E-state index contributed by atoms with van der Waals surface area (Å²) in [6, 6.07) is 6.36. The topological polar surface area (TPSA) is 58.6 Å². The highest BCUT2D eigenvalue weighted by molar-refractivity contribution is 5.69. The van der Waals surface area contributed by atoms with Gasteiger partial charge in [0.05, 0.1) is 12.5 Å². The predicted molar refractivity (Wildman–Crippen MR) is 73.6 cm³/mol. The first kappa shape index (κ1) is 13.9. The molecule has 0 amide bonds. The normalized spacial score (nSPS) is 14.8. The molecule has 2 N–H and O–H groups in total. The number of rotatable bonds is 7. The van der Waals surface area contributed by atoms with E-state index in [-0.39, 0.29) is 5.92 Å². The van der Waals surface area contributed by atoms with Gasteiger partial charge in [0, 0.05) is 6.42 Å². The zero-order valence-corrected chi connectivity index (χ0v) is 11.3. The van der Waals surface area contributed by atoms with E-state index in [1.807, 2.05) is 6.07 Å². The molecule has 0 spiro atoms. The maximum absolute atomic E-state index is 10.7. The predicted octanol–water partition coefficient (Wildman–Crippen LogP) is 1.86. The monoisotopic (exact) mass is 263 g/mol. The molecule has 0 saturated carbocycles. The lowest BCUT2D eigenvalue weighted by Crippen LogP contribution is -2.22. The first-order chi connectivity index (χ1) is 9.16. The molecule has 19 heavy (non-hydrogen) atoms. The van der Waals surface area contributed by atoms with E-state index in [0.717, 1.165) is 38.3 Å². The molecule has 1 aliphatic rings. The Labute approximate surface area is 113 Å². The molecule has 1 atom stereocenters. The maximum atomic E-state index is 10.7. The SMILES string of the molecule is CC(CCNCCc1ccc2c(c1)CCO2)C(=O)O. The molecule has 104 valence electrons. The van der Waals surface area contributed by atoms with Gasteiger partial charge in [-0.2, -0.15) is 0 Å². The van der Waals surface area contributed by atoms with Gasteiger partial charge in [-0.25, -0.2) is 0 Å². The van der Waals surface area contributed by atoms with E-state index in [0.29, 0.717) is 6.42 Å². The molecule has 0 aliphatic carbocycles. The number of benzene rings is 1. The molecular formula is C15H21NO3.